The molecule has 0 radical (unpaired) electrons. The lowest BCUT2D eigenvalue weighted by Gasteiger charge is -2.13. The number of nitrogens with zero attached hydrogens (tertiary/aromatic N) is 2. The van der Waals surface area contributed by atoms with Gasteiger partial charge in [0.2, 0.25) is 0 Å². The van der Waals surface area contributed by atoms with E-state index in [1.165, 1.54) is 0 Å². The Bertz CT molecular complexity index is 1340. The van der Waals surface area contributed by atoms with Gasteiger partial charge in [-0.05, 0) is 61.2 Å². The van der Waals surface area contributed by atoms with E-state index in [1.807, 2.05) is 74.5 Å². The number of imidazole rings is 1. The van der Waals surface area contributed by atoms with Gasteiger partial charge in [-0.3, -0.25) is 4.79 Å². The van der Waals surface area contributed by atoms with Crippen molar-refractivity contribution in [2.24, 2.45) is 0 Å². The van der Waals surface area contributed by atoms with Crippen molar-refractivity contribution in [1.29, 1.82) is 0 Å². The minimum absolute atomic E-state index is 0.0152. The number of para-hydroxylation sites is 3. The Morgan fingerprint density at radius 3 is 2.69 bits per heavy atom. The summed E-state index contributed by atoms with van der Waals surface area (Å²) in [7, 11) is 0. The Kier molecular flexibility index (Phi) is 8.40. The van der Waals surface area contributed by atoms with Crippen molar-refractivity contribution in [1.82, 2.24) is 14.9 Å². The van der Waals surface area contributed by atoms with Crippen LogP contribution in [0.4, 0.5) is 0 Å². The third-order valence-electron chi connectivity index (χ3n) is 6.02. The monoisotopic (exact) mass is 483 g/mol. The highest BCUT2D eigenvalue weighted by Crippen LogP contribution is 2.21. The van der Waals surface area contributed by atoms with Crippen LogP contribution in [-0.4, -0.2) is 35.2 Å². The zero-order valence-electron chi connectivity index (χ0n) is 21.0. The lowest BCUT2D eigenvalue weighted by Crippen LogP contribution is -2.31. The molecule has 0 saturated heterocycles. The van der Waals surface area contributed by atoms with E-state index < -0.39 is 0 Å². The molecule has 6 heteroatoms. The molecule has 1 heterocycles. The summed E-state index contributed by atoms with van der Waals surface area (Å²) in [5.74, 6) is 2.37. The number of nitrogens with one attached hydrogen (secondary N) is 1. The molecule has 3 aromatic carbocycles. The van der Waals surface area contributed by atoms with Crippen LogP contribution in [0.2, 0.25) is 0 Å². The number of rotatable bonds is 12. The first-order chi connectivity index (χ1) is 17.5. The molecule has 0 aliphatic heterocycles. The number of aromatic nitrogens is 2. The molecule has 0 atom stereocenters. The van der Waals surface area contributed by atoms with Gasteiger partial charge >= 0.3 is 0 Å². The second-order valence-corrected chi connectivity index (χ2v) is 8.77. The molecule has 0 saturated carbocycles. The lowest BCUT2D eigenvalue weighted by atomic mass is 10.1. The zero-order valence-corrected chi connectivity index (χ0v) is 21.0. The molecule has 1 amide bonds. The molecule has 4 rings (SSSR count). The first kappa shape index (κ1) is 25.0. The van der Waals surface area contributed by atoms with Crippen molar-refractivity contribution in [2.45, 2.75) is 33.2 Å². The number of amides is 1. The summed E-state index contributed by atoms with van der Waals surface area (Å²) in [6, 6.07) is 22.1. The first-order valence-electron chi connectivity index (χ1n) is 12.3. The van der Waals surface area contributed by atoms with Gasteiger partial charge in [0.15, 0.2) is 6.61 Å². The van der Waals surface area contributed by atoms with E-state index in [2.05, 4.69) is 28.6 Å². The van der Waals surface area contributed by atoms with Gasteiger partial charge < -0.3 is 19.4 Å². The molecule has 36 heavy (non-hydrogen) atoms. The van der Waals surface area contributed by atoms with Crippen LogP contribution in [0.5, 0.6) is 11.5 Å². The molecule has 1 N–H and O–H groups in total. The lowest BCUT2D eigenvalue weighted by molar-refractivity contribution is -0.123. The molecule has 0 aliphatic rings. The van der Waals surface area contributed by atoms with Gasteiger partial charge in [-0.15, -0.1) is 6.58 Å². The van der Waals surface area contributed by atoms with Crippen molar-refractivity contribution in [3.05, 3.63) is 102 Å². The predicted molar refractivity (Wildman–Crippen MR) is 144 cm³/mol. The van der Waals surface area contributed by atoms with Crippen molar-refractivity contribution in [3.63, 3.8) is 0 Å². The fourth-order valence-corrected chi connectivity index (χ4v) is 4.15. The van der Waals surface area contributed by atoms with Gasteiger partial charge in [0.05, 0.1) is 17.6 Å². The molecule has 0 fully saturated rings. The highest BCUT2D eigenvalue weighted by atomic mass is 16.5. The number of hydrogen-bond acceptors (Lipinski definition) is 4. The number of carbonyl (C=O) groups is 1. The SMILES string of the molecule is C=CCc1ccccc1OCCn1c(CCNC(=O)COc2cc(C)ccc2C)nc2ccccc21. The molecule has 6 nitrogen and oxygen atoms in total. The number of benzene rings is 3. The first-order valence-corrected chi connectivity index (χ1v) is 12.3. The number of allylic oxidation sites excluding steroid dienone is 1. The van der Waals surface area contributed by atoms with E-state index in [4.69, 9.17) is 14.5 Å². The molecule has 186 valence electrons. The Morgan fingerprint density at radius 1 is 1.03 bits per heavy atom. The van der Waals surface area contributed by atoms with Crippen LogP contribution in [0.3, 0.4) is 0 Å². The van der Waals surface area contributed by atoms with E-state index in [0.29, 0.717) is 26.1 Å². The van der Waals surface area contributed by atoms with Gasteiger partial charge in [0.1, 0.15) is 23.9 Å². The second-order valence-electron chi connectivity index (χ2n) is 8.77. The smallest absolute Gasteiger partial charge is 0.257 e. The van der Waals surface area contributed by atoms with Crippen LogP contribution in [0.25, 0.3) is 11.0 Å². The standard InChI is InChI=1S/C30H33N3O3/c1-4-9-24-10-5-8-13-27(24)35-19-18-33-26-12-7-6-11-25(26)32-29(33)16-17-31-30(34)21-36-28-20-22(2)14-15-23(28)3/h4-8,10-15,20H,1,9,16-19,21H2,2-3H3,(H,31,34). The Morgan fingerprint density at radius 2 is 1.83 bits per heavy atom. The van der Waals surface area contributed by atoms with Crippen LogP contribution in [0.15, 0.2) is 79.4 Å². The largest absolute Gasteiger partial charge is 0.491 e. The van der Waals surface area contributed by atoms with Crippen molar-refractivity contribution in [3.8, 4) is 11.5 Å². The minimum atomic E-state index is -0.152. The van der Waals surface area contributed by atoms with Crippen LogP contribution in [-0.2, 0) is 24.2 Å². The third-order valence-corrected chi connectivity index (χ3v) is 6.02. The average Bonchev–Trinajstić information content (AvgIpc) is 3.23. The van der Waals surface area contributed by atoms with E-state index >= 15 is 0 Å². The van der Waals surface area contributed by atoms with E-state index in [-0.39, 0.29) is 12.5 Å². The second kappa shape index (κ2) is 12.1. The maximum Gasteiger partial charge on any atom is 0.257 e. The van der Waals surface area contributed by atoms with Crippen molar-refractivity contribution < 1.29 is 14.3 Å². The number of ether oxygens (including phenoxy) is 2. The molecule has 4 aromatic rings. The van der Waals surface area contributed by atoms with Crippen LogP contribution < -0.4 is 14.8 Å². The Hall–Kier alpha value is -4.06. The summed E-state index contributed by atoms with van der Waals surface area (Å²) in [4.78, 5) is 17.2. The van der Waals surface area contributed by atoms with E-state index in [0.717, 1.165) is 51.5 Å². The van der Waals surface area contributed by atoms with E-state index in [1.54, 1.807) is 0 Å². The highest BCUT2D eigenvalue weighted by Gasteiger charge is 2.12. The number of hydrogen-bond donors (Lipinski definition) is 1. The highest BCUT2D eigenvalue weighted by molar-refractivity contribution is 5.78. The van der Waals surface area contributed by atoms with Crippen LogP contribution >= 0.6 is 0 Å². The maximum atomic E-state index is 12.4. The number of fused-ring (bicyclic) bond motifs is 1. The van der Waals surface area contributed by atoms with E-state index in [9.17, 15) is 4.79 Å². The van der Waals surface area contributed by atoms with Crippen molar-refractivity contribution in [2.75, 3.05) is 19.8 Å². The summed E-state index contributed by atoms with van der Waals surface area (Å²) < 4.78 is 14.0. The van der Waals surface area contributed by atoms with Crippen molar-refractivity contribution >= 4 is 16.9 Å². The quantitative estimate of drug-likeness (QED) is 0.281. The summed E-state index contributed by atoms with van der Waals surface area (Å²) in [5, 5.41) is 2.95. The zero-order chi connectivity index (χ0) is 25.3. The van der Waals surface area contributed by atoms with Crippen LogP contribution in [0.1, 0.15) is 22.5 Å². The average molecular weight is 484 g/mol. The van der Waals surface area contributed by atoms with Gasteiger partial charge in [0.25, 0.3) is 5.91 Å². The number of aryl methyl sites for hydroxylation is 2. The normalized spacial score (nSPS) is 10.8. The molecular formula is C30H33N3O3. The minimum Gasteiger partial charge on any atom is -0.491 e. The molecular weight excluding hydrogens is 450 g/mol. The summed E-state index contributed by atoms with van der Waals surface area (Å²) in [6.45, 7) is 9.43. The molecule has 0 unspecified atom stereocenters. The molecule has 0 bridgehead atoms. The summed E-state index contributed by atoms with van der Waals surface area (Å²) in [6.07, 6.45) is 3.25. The topological polar surface area (TPSA) is 65.4 Å². The van der Waals surface area contributed by atoms with Gasteiger partial charge in [-0.2, -0.15) is 0 Å². The molecule has 0 spiro atoms. The fourth-order valence-electron chi connectivity index (χ4n) is 4.15. The fraction of sp³-hybridized carbons (Fsp3) is 0.267. The van der Waals surface area contributed by atoms with Gasteiger partial charge in [-0.1, -0.05) is 48.5 Å². The molecule has 0 aliphatic carbocycles. The van der Waals surface area contributed by atoms with Gasteiger partial charge in [0, 0.05) is 13.0 Å². The predicted octanol–water partition coefficient (Wildman–Crippen LogP) is 5.20. The van der Waals surface area contributed by atoms with Gasteiger partial charge in [-0.25, -0.2) is 4.98 Å². The Balaban J connectivity index is 1.35. The summed E-state index contributed by atoms with van der Waals surface area (Å²) in [5.41, 5.74) is 5.22. The Labute approximate surface area is 212 Å². The number of carbonyl (C=O) groups excluding carboxylic acids is 1. The molecule has 1 aromatic heterocycles. The summed E-state index contributed by atoms with van der Waals surface area (Å²) >= 11 is 0. The third kappa shape index (κ3) is 6.33. The van der Waals surface area contributed by atoms with Crippen LogP contribution in [0, 0.1) is 13.8 Å². The maximum absolute atomic E-state index is 12.4.